The Morgan fingerprint density at radius 2 is 2.00 bits per heavy atom. The molecule has 0 bridgehead atoms. The lowest BCUT2D eigenvalue weighted by Gasteiger charge is -2.09. The second-order valence-electron chi connectivity index (χ2n) is 3.53. The highest BCUT2D eigenvalue weighted by molar-refractivity contribution is 6.30. The highest BCUT2D eigenvalue weighted by Gasteiger charge is 2.09. The van der Waals surface area contributed by atoms with Crippen LogP contribution in [0.15, 0.2) is 18.5 Å². The Balaban J connectivity index is 2.36. The van der Waals surface area contributed by atoms with E-state index >= 15 is 0 Å². The van der Waals surface area contributed by atoms with Crippen molar-refractivity contribution in [3.63, 3.8) is 0 Å². The minimum Gasteiger partial charge on any atom is -0.437 e. The Labute approximate surface area is 104 Å². The van der Waals surface area contributed by atoms with Gasteiger partial charge in [-0.2, -0.15) is 4.98 Å². The molecule has 0 unspecified atom stereocenters. The molecular formula is C11H11ClN4O. The fourth-order valence-corrected chi connectivity index (χ4v) is 1.45. The molecule has 2 aromatic rings. The largest absolute Gasteiger partial charge is 0.437 e. The van der Waals surface area contributed by atoms with Gasteiger partial charge in [-0.25, -0.2) is 4.98 Å². The molecule has 88 valence electrons. The number of aromatic nitrogens is 3. The van der Waals surface area contributed by atoms with Gasteiger partial charge in [0.25, 0.3) is 0 Å². The van der Waals surface area contributed by atoms with Gasteiger partial charge in [0.05, 0.1) is 16.8 Å². The molecular weight excluding hydrogens is 240 g/mol. The van der Waals surface area contributed by atoms with Gasteiger partial charge in [-0.15, -0.1) is 0 Å². The summed E-state index contributed by atoms with van der Waals surface area (Å²) < 4.78 is 5.57. The van der Waals surface area contributed by atoms with Crippen LogP contribution in [-0.2, 0) is 0 Å². The van der Waals surface area contributed by atoms with Crippen molar-refractivity contribution in [3.05, 3.63) is 34.9 Å². The first-order valence-corrected chi connectivity index (χ1v) is 5.33. The lowest BCUT2D eigenvalue weighted by atomic mass is 10.3. The van der Waals surface area contributed by atoms with E-state index in [4.69, 9.17) is 22.1 Å². The zero-order valence-corrected chi connectivity index (χ0v) is 10.2. The van der Waals surface area contributed by atoms with Crippen LogP contribution in [0.3, 0.4) is 0 Å². The molecule has 0 spiro atoms. The summed E-state index contributed by atoms with van der Waals surface area (Å²) in [6.45, 7) is 3.54. The first kappa shape index (κ1) is 11.6. The average Bonchev–Trinajstić information content (AvgIpc) is 2.25. The molecule has 2 heterocycles. The van der Waals surface area contributed by atoms with Crippen molar-refractivity contribution in [2.75, 3.05) is 5.73 Å². The molecule has 2 aromatic heterocycles. The Kier molecular flexibility index (Phi) is 3.10. The highest BCUT2D eigenvalue weighted by Crippen LogP contribution is 2.26. The minimum atomic E-state index is 0.405. The van der Waals surface area contributed by atoms with Crippen LogP contribution in [0.4, 0.5) is 5.82 Å². The number of rotatable bonds is 2. The van der Waals surface area contributed by atoms with Crippen molar-refractivity contribution in [2.45, 2.75) is 13.8 Å². The zero-order valence-electron chi connectivity index (χ0n) is 9.44. The molecule has 2 rings (SSSR count). The molecule has 17 heavy (non-hydrogen) atoms. The molecule has 0 saturated carbocycles. The van der Waals surface area contributed by atoms with Crippen molar-refractivity contribution in [2.24, 2.45) is 0 Å². The first-order chi connectivity index (χ1) is 8.06. The molecule has 0 aliphatic heterocycles. The predicted octanol–water partition coefficient (Wildman–Crippen LogP) is 2.52. The normalized spacial score (nSPS) is 10.3. The van der Waals surface area contributed by atoms with Gasteiger partial charge < -0.3 is 10.5 Å². The summed E-state index contributed by atoms with van der Waals surface area (Å²) in [7, 11) is 0. The van der Waals surface area contributed by atoms with Crippen LogP contribution in [0.5, 0.6) is 11.6 Å². The predicted molar refractivity (Wildman–Crippen MR) is 65.2 cm³/mol. The zero-order chi connectivity index (χ0) is 12.4. The van der Waals surface area contributed by atoms with E-state index in [0.29, 0.717) is 33.9 Å². The number of anilines is 1. The molecule has 0 aromatic carbocycles. The summed E-state index contributed by atoms with van der Waals surface area (Å²) in [6.07, 6.45) is 3.08. The summed E-state index contributed by atoms with van der Waals surface area (Å²) in [5.41, 5.74) is 6.42. The van der Waals surface area contributed by atoms with Crippen molar-refractivity contribution >= 4 is 17.4 Å². The van der Waals surface area contributed by atoms with Crippen LogP contribution in [0.2, 0.25) is 5.02 Å². The molecule has 0 saturated heterocycles. The molecule has 0 amide bonds. The first-order valence-electron chi connectivity index (χ1n) is 4.95. The van der Waals surface area contributed by atoms with Crippen LogP contribution in [0.25, 0.3) is 0 Å². The van der Waals surface area contributed by atoms with Gasteiger partial charge in [-0.1, -0.05) is 11.6 Å². The van der Waals surface area contributed by atoms with E-state index in [1.807, 2.05) is 0 Å². The SMILES string of the molecule is Cc1nc(N)c(C)c(Oc2cncc(Cl)c2)n1. The van der Waals surface area contributed by atoms with E-state index < -0.39 is 0 Å². The van der Waals surface area contributed by atoms with Crippen LogP contribution >= 0.6 is 11.6 Å². The van der Waals surface area contributed by atoms with Crippen molar-refractivity contribution in [1.29, 1.82) is 0 Å². The van der Waals surface area contributed by atoms with Gasteiger partial charge >= 0.3 is 0 Å². The number of hydrogen-bond donors (Lipinski definition) is 1. The fourth-order valence-electron chi connectivity index (χ4n) is 1.28. The number of ether oxygens (including phenoxy) is 1. The van der Waals surface area contributed by atoms with Crippen molar-refractivity contribution in [1.82, 2.24) is 15.0 Å². The minimum absolute atomic E-state index is 0.405. The lowest BCUT2D eigenvalue weighted by Crippen LogP contribution is -2.02. The number of aryl methyl sites for hydroxylation is 1. The van der Waals surface area contributed by atoms with E-state index in [2.05, 4.69) is 15.0 Å². The van der Waals surface area contributed by atoms with Crippen LogP contribution < -0.4 is 10.5 Å². The van der Waals surface area contributed by atoms with Gasteiger partial charge in [0, 0.05) is 12.3 Å². The van der Waals surface area contributed by atoms with Crippen molar-refractivity contribution in [3.8, 4) is 11.6 Å². The number of nitrogens with two attached hydrogens (primary N) is 1. The number of nitrogen functional groups attached to an aromatic ring is 1. The number of pyridine rings is 1. The maximum absolute atomic E-state index is 5.81. The van der Waals surface area contributed by atoms with Crippen molar-refractivity contribution < 1.29 is 4.74 Å². The molecule has 6 heteroatoms. The van der Waals surface area contributed by atoms with E-state index in [1.165, 1.54) is 6.20 Å². The Bertz CT molecular complexity index is 559. The van der Waals surface area contributed by atoms with E-state index in [1.54, 1.807) is 26.1 Å². The average molecular weight is 251 g/mol. The quantitative estimate of drug-likeness (QED) is 0.887. The molecule has 0 fully saturated rings. The Hall–Kier alpha value is -1.88. The van der Waals surface area contributed by atoms with E-state index in [-0.39, 0.29) is 0 Å². The highest BCUT2D eigenvalue weighted by atomic mass is 35.5. The molecule has 2 N–H and O–H groups in total. The summed E-state index contributed by atoms with van der Waals surface area (Å²) in [5, 5.41) is 0.499. The molecule has 5 nitrogen and oxygen atoms in total. The number of nitrogens with zero attached hydrogens (tertiary/aromatic N) is 3. The smallest absolute Gasteiger partial charge is 0.227 e. The molecule has 0 aliphatic carbocycles. The summed E-state index contributed by atoms with van der Waals surface area (Å²) in [6, 6.07) is 1.65. The standard InChI is InChI=1S/C11H11ClN4O/c1-6-10(13)15-7(2)16-11(6)17-9-3-8(12)4-14-5-9/h3-5H,1-2H3,(H2,13,15,16). The number of halogens is 1. The van der Waals surface area contributed by atoms with Gasteiger partial charge in [0.1, 0.15) is 17.4 Å². The van der Waals surface area contributed by atoms with E-state index in [9.17, 15) is 0 Å². The van der Waals surface area contributed by atoms with E-state index in [0.717, 1.165) is 0 Å². The topological polar surface area (TPSA) is 73.9 Å². The van der Waals surface area contributed by atoms with Gasteiger partial charge in [0.15, 0.2) is 0 Å². The lowest BCUT2D eigenvalue weighted by molar-refractivity contribution is 0.454. The maximum Gasteiger partial charge on any atom is 0.227 e. The Morgan fingerprint density at radius 3 is 2.71 bits per heavy atom. The number of hydrogen-bond acceptors (Lipinski definition) is 5. The summed E-state index contributed by atoms with van der Waals surface area (Å²) >= 11 is 5.81. The molecule has 0 atom stereocenters. The van der Waals surface area contributed by atoms with Crippen LogP contribution in [0.1, 0.15) is 11.4 Å². The monoisotopic (exact) mass is 250 g/mol. The third-order valence-corrected chi connectivity index (χ3v) is 2.35. The third-order valence-electron chi connectivity index (χ3n) is 2.14. The summed E-state index contributed by atoms with van der Waals surface area (Å²) in [4.78, 5) is 12.1. The van der Waals surface area contributed by atoms with Gasteiger partial charge in [0.2, 0.25) is 5.88 Å². The van der Waals surface area contributed by atoms with Crippen LogP contribution in [-0.4, -0.2) is 15.0 Å². The van der Waals surface area contributed by atoms with Gasteiger partial charge in [-0.3, -0.25) is 4.98 Å². The fraction of sp³-hybridized carbons (Fsp3) is 0.182. The third kappa shape index (κ3) is 2.62. The second kappa shape index (κ2) is 4.55. The van der Waals surface area contributed by atoms with Gasteiger partial charge in [-0.05, 0) is 13.8 Å². The molecule has 0 radical (unpaired) electrons. The molecule has 0 aliphatic rings. The van der Waals surface area contributed by atoms with Crippen LogP contribution in [0, 0.1) is 13.8 Å². The second-order valence-corrected chi connectivity index (χ2v) is 3.96. The summed E-state index contributed by atoms with van der Waals surface area (Å²) in [5.74, 6) is 1.89. The Morgan fingerprint density at radius 1 is 1.24 bits per heavy atom. The maximum atomic E-state index is 5.81.